The molecule has 0 unspecified atom stereocenters. The number of halogens is 2. The van der Waals surface area contributed by atoms with Crippen molar-refractivity contribution in [2.45, 2.75) is 0 Å². The number of nitrogens with one attached hydrogen (secondary N) is 2. The zero-order valence-electron chi connectivity index (χ0n) is 6.81. The van der Waals surface area contributed by atoms with Crippen LogP contribution in [0.2, 0.25) is 10.0 Å². The molecule has 0 heterocycles. The van der Waals surface area contributed by atoms with Gasteiger partial charge in [0.25, 0.3) is 0 Å². The van der Waals surface area contributed by atoms with Crippen molar-refractivity contribution in [3.8, 4) is 0 Å². The van der Waals surface area contributed by atoms with Gasteiger partial charge in [0.15, 0.2) is 0 Å². The van der Waals surface area contributed by atoms with Crippen LogP contribution in [0.1, 0.15) is 0 Å². The Morgan fingerprint density at radius 2 is 1.29 bits per heavy atom. The Morgan fingerprint density at radius 1 is 0.929 bits per heavy atom. The van der Waals surface area contributed by atoms with Crippen molar-refractivity contribution in [1.82, 2.24) is 0 Å². The average molecular weight is 227 g/mol. The van der Waals surface area contributed by atoms with E-state index in [-0.39, 0.29) is 10.0 Å². The van der Waals surface area contributed by atoms with Crippen molar-refractivity contribution >= 4 is 46.6 Å². The number of benzene rings is 1. The summed E-state index contributed by atoms with van der Waals surface area (Å²) in [6.07, 6.45) is 0. The summed E-state index contributed by atoms with van der Waals surface area (Å²) >= 11 is 11.6. The SMILES string of the molecule is N=C=Nc1ccc(N=C=N)c(Cl)c1Cl. The zero-order chi connectivity index (χ0) is 10.6. The first kappa shape index (κ1) is 10.6. The molecule has 0 spiro atoms. The van der Waals surface area contributed by atoms with Gasteiger partial charge in [-0.2, -0.15) is 9.98 Å². The Morgan fingerprint density at radius 3 is 1.57 bits per heavy atom. The van der Waals surface area contributed by atoms with Gasteiger partial charge in [-0.15, -0.1) is 0 Å². The molecule has 0 aliphatic carbocycles. The molecule has 0 aliphatic heterocycles. The highest BCUT2D eigenvalue weighted by molar-refractivity contribution is 6.45. The summed E-state index contributed by atoms with van der Waals surface area (Å²) in [5, 5.41) is 13.7. The Kier molecular flexibility index (Phi) is 3.57. The van der Waals surface area contributed by atoms with Crippen LogP contribution < -0.4 is 0 Å². The number of aliphatic imine (C=N–C) groups is 2. The van der Waals surface area contributed by atoms with Gasteiger partial charge >= 0.3 is 0 Å². The van der Waals surface area contributed by atoms with Crippen molar-refractivity contribution in [2.24, 2.45) is 9.98 Å². The summed E-state index contributed by atoms with van der Waals surface area (Å²) in [7, 11) is 0. The predicted molar refractivity (Wildman–Crippen MR) is 56.1 cm³/mol. The minimum atomic E-state index is 0.183. The molecule has 6 heteroatoms. The van der Waals surface area contributed by atoms with Crippen molar-refractivity contribution < 1.29 is 0 Å². The zero-order valence-corrected chi connectivity index (χ0v) is 8.32. The van der Waals surface area contributed by atoms with Crippen LogP contribution in [0.4, 0.5) is 11.4 Å². The molecule has 70 valence electrons. The molecule has 1 aromatic rings. The second kappa shape index (κ2) is 4.70. The van der Waals surface area contributed by atoms with Crippen LogP contribution in [0.15, 0.2) is 22.1 Å². The van der Waals surface area contributed by atoms with Crippen molar-refractivity contribution in [2.75, 3.05) is 0 Å². The summed E-state index contributed by atoms with van der Waals surface area (Å²) in [6.45, 7) is 0. The van der Waals surface area contributed by atoms with E-state index in [1.807, 2.05) is 12.0 Å². The average Bonchev–Trinajstić information content (AvgIpc) is 2.18. The molecular formula is C8H4Cl2N4. The molecule has 0 saturated heterocycles. The normalized spacial score (nSPS) is 8.71. The lowest BCUT2D eigenvalue weighted by Gasteiger charge is -2.01. The third-order valence-corrected chi connectivity index (χ3v) is 2.26. The second-order valence-electron chi connectivity index (χ2n) is 2.18. The maximum atomic E-state index is 6.66. The number of hydrogen-bond acceptors (Lipinski definition) is 4. The Labute approximate surface area is 89.9 Å². The van der Waals surface area contributed by atoms with E-state index in [0.717, 1.165) is 0 Å². The summed E-state index contributed by atoms with van der Waals surface area (Å²) in [5.74, 6) is 0. The van der Waals surface area contributed by atoms with E-state index >= 15 is 0 Å². The Hall–Kier alpha value is -1.44. The van der Waals surface area contributed by atoms with E-state index in [0.29, 0.717) is 11.4 Å². The van der Waals surface area contributed by atoms with Gasteiger partial charge in [-0.3, -0.25) is 0 Å². The fourth-order valence-electron chi connectivity index (χ4n) is 0.822. The number of hydrogen-bond donors (Lipinski definition) is 2. The molecule has 2 N–H and O–H groups in total. The smallest absolute Gasteiger partial charge is 0.0949 e. The number of rotatable bonds is 2. The van der Waals surface area contributed by atoms with E-state index in [1.165, 1.54) is 12.1 Å². The Balaban J connectivity index is 3.39. The fourth-order valence-corrected chi connectivity index (χ4v) is 1.23. The maximum Gasteiger partial charge on any atom is 0.0949 e. The van der Waals surface area contributed by atoms with Crippen LogP contribution in [0.25, 0.3) is 0 Å². The van der Waals surface area contributed by atoms with Crippen molar-refractivity contribution in [3.05, 3.63) is 22.2 Å². The molecule has 4 nitrogen and oxygen atoms in total. The van der Waals surface area contributed by atoms with E-state index in [1.54, 1.807) is 0 Å². The minimum absolute atomic E-state index is 0.183. The molecule has 0 fully saturated rings. The van der Waals surface area contributed by atoms with Crippen LogP contribution in [0.5, 0.6) is 0 Å². The molecule has 0 aliphatic rings. The van der Waals surface area contributed by atoms with Crippen molar-refractivity contribution in [3.63, 3.8) is 0 Å². The highest BCUT2D eigenvalue weighted by Crippen LogP contribution is 2.38. The van der Waals surface area contributed by atoms with E-state index in [4.69, 9.17) is 34.0 Å². The largest absolute Gasteiger partial charge is 0.241 e. The summed E-state index contributed by atoms with van der Waals surface area (Å²) in [6, 6.07) is 6.77. The van der Waals surface area contributed by atoms with E-state index in [9.17, 15) is 0 Å². The molecule has 0 bridgehead atoms. The molecule has 1 aromatic carbocycles. The third kappa shape index (κ3) is 2.08. The second-order valence-corrected chi connectivity index (χ2v) is 2.93. The number of nitrogens with zero attached hydrogens (tertiary/aromatic N) is 2. The third-order valence-electron chi connectivity index (χ3n) is 1.39. The van der Waals surface area contributed by atoms with Crippen LogP contribution in [-0.2, 0) is 0 Å². The van der Waals surface area contributed by atoms with Gasteiger partial charge in [0.05, 0.1) is 33.4 Å². The van der Waals surface area contributed by atoms with Gasteiger partial charge in [0.1, 0.15) is 0 Å². The van der Waals surface area contributed by atoms with Crippen LogP contribution >= 0.6 is 23.2 Å². The van der Waals surface area contributed by atoms with Crippen LogP contribution in [0, 0.1) is 10.8 Å². The lowest BCUT2D eigenvalue weighted by Crippen LogP contribution is -1.73. The first-order chi connectivity index (χ1) is 6.70. The first-order valence-electron chi connectivity index (χ1n) is 3.43. The van der Waals surface area contributed by atoms with Gasteiger partial charge < -0.3 is 0 Å². The van der Waals surface area contributed by atoms with Gasteiger partial charge in [-0.25, -0.2) is 10.8 Å². The lowest BCUT2D eigenvalue weighted by molar-refractivity contribution is 1.45. The molecule has 0 amide bonds. The Bertz CT molecular complexity index is 414. The van der Waals surface area contributed by atoms with Crippen LogP contribution in [0.3, 0.4) is 0 Å². The van der Waals surface area contributed by atoms with Gasteiger partial charge in [0, 0.05) is 0 Å². The summed E-state index contributed by atoms with van der Waals surface area (Å²) in [5.41, 5.74) is 0.686. The van der Waals surface area contributed by atoms with Gasteiger partial charge in [-0.1, -0.05) is 23.2 Å². The van der Waals surface area contributed by atoms with E-state index in [2.05, 4.69) is 9.98 Å². The molecule has 14 heavy (non-hydrogen) atoms. The van der Waals surface area contributed by atoms with Gasteiger partial charge in [0.2, 0.25) is 0 Å². The molecule has 1 rings (SSSR count). The minimum Gasteiger partial charge on any atom is -0.241 e. The topological polar surface area (TPSA) is 72.4 Å². The summed E-state index contributed by atoms with van der Waals surface area (Å²) in [4.78, 5) is 7.12. The van der Waals surface area contributed by atoms with E-state index < -0.39 is 0 Å². The molecular weight excluding hydrogens is 223 g/mol. The molecule has 0 atom stereocenters. The van der Waals surface area contributed by atoms with Gasteiger partial charge in [-0.05, 0) is 12.1 Å². The maximum absolute atomic E-state index is 6.66. The fraction of sp³-hybridized carbons (Fsp3) is 0. The molecule has 0 radical (unpaired) electrons. The van der Waals surface area contributed by atoms with Crippen LogP contribution in [-0.4, -0.2) is 12.0 Å². The first-order valence-corrected chi connectivity index (χ1v) is 4.19. The predicted octanol–water partition coefficient (Wildman–Crippen LogP) is 3.76. The molecule has 0 saturated carbocycles. The monoisotopic (exact) mass is 226 g/mol. The quantitative estimate of drug-likeness (QED) is 0.722. The lowest BCUT2D eigenvalue weighted by atomic mass is 10.3. The highest BCUT2D eigenvalue weighted by Gasteiger charge is 2.08. The summed E-state index contributed by atoms with van der Waals surface area (Å²) < 4.78 is 0. The highest BCUT2D eigenvalue weighted by atomic mass is 35.5. The standard InChI is InChI=1S/C8H4Cl2N4/c9-7-5(13-3-11)1-2-6(8(7)10)14-4-12/h1-2,11-12H. The van der Waals surface area contributed by atoms with Crippen molar-refractivity contribution in [1.29, 1.82) is 10.8 Å². The molecule has 0 aromatic heterocycles.